The van der Waals surface area contributed by atoms with Crippen LogP contribution in [0.4, 0.5) is 0 Å². The molecule has 0 aliphatic rings. The highest BCUT2D eigenvalue weighted by molar-refractivity contribution is 8.03. The van der Waals surface area contributed by atoms with Crippen LogP contribution in [0.25, 0.3) is 0 Å². The first kappa shape index (κ1) is 26.1. The largest absolute Gasteiger partial charge is 0.413 e. The van der Waals surface area contributed by atoms with Gasteiger partial charge in [-0.3, -0.25) is 0 Å². The Morgan fingerprint density at radius 3 is 2.28 bits per heavy atom. The van der Waals surface area contributed by atoms with Gasteiger partial charge in [-0.1, -0.05) is 103 Å². The van der Waals surface area contributed by atoms with Crippen LogP contribution in [0, 0.1) is 23.7 Å². The Kier molecular flexibility index (Phi) is 10.8. The molecule has 0 aliphatic heterocycles. The van der Waals surface area contributed by atoms with Crippen LogP contribution >= 0.6 is 11.8 Å². The number of benzene rings is 1. The molecule has 1 aromatic rings. The van der Waals surface area contributed by atoms with E-state index >= 15 is 0 Å². The molecule has 0 radical (unpaired) electrons. The van der Waals surface area contributed by atoms with Gasteiger partial charge in [0.25, 0.3) is 0 Å². The van der Waals surface area contributed by atoms with Crippen LogP contribution in [-0.4, -0.2) is 14.4 Å². The summed E-state index contributed by atoms with van der Waals surface area (Å²) in [6, 6.07) is 10.5. The molecule has 3 heteroatoms. The summed E-state index contributed by atoms with van der Waals surface area (Å²) in [6.07, 6.45) is 5.86. The van der Waals surface area contributed by atoms with Crippen LogP contribution in [-0.2, 0) is 4.43 Å². The summed E-state index contributed by atoms with van der Waals surface area (Å²) in [4.78, 5) is 2.38. The van der Waals surface area contributed by atoms with Crippen LogP contribution < -0.4 is 0 Å². The Balaban J connectivity index is 3.12. The average molecular weight is 431 g/mol. The number of hydrogen-bond donors (Lipinski definition) is 0. The fourth-order valence-electron chi connectivity index (χ4n) is 2.83. The zero-order valence-corrected chi connectivity index (χ0v) is 22.0. The minimum atomic E-state index is -1.83. The lowest BCUT2D eigenvalue weighted by Crippen LogP contribution is -2.46. The molecule has 1 rings (SSSR count). The Morgan fingerprint density at radius 1 is 1.14 bits per heavy atom. The van der Waals surface area contributed by atoms with Gasteiger partial charge in [-0.25, -0.2) is 0 Å². The van der Waals surface area contributed by atoms with Gasteiger partial charge in [0, 0.05) is 17.2 Å². The molecular formula is C26H42OSSi. The lowest BCUT2D eigenvalue weighted by atomic mass is 9.94. The van der Waals surface area contributed by atoms with Crippen molar-refractivity contribution in [2.45, 2.75) is 96.9 Å². The van der Waals surface area contributed by atoms with Crippen LogP contribution in [0.2, 0.25) is 18.1 Å². The maximum atomic E-state index is 6.86. The molecule has 0 saturated carbocycles. The zero-order chi connectivity index (χ0) is 22.1. The molecule has 1 aromatic carbocycles. The van der Waals surface area contributed by atoms with E-state index in [1.807, 2.05) is 0 Å². The van der Waals surface area contributed by atoms with Gasteiger partial charge in [-0.05, 0) is 42.6 Å². The van der Waals surface area contributed by atoms with E-state index in [1.54, 1.807) is 11.8 Å². The van der Waals surface area contributed by atoms with Crippen molar-refractivity contribution in [3.8, 4) is 11.8 Å². The first-order chi connectivity index (χ1) is 13.5. The lowest BCUT2D eigenvalue weighted by molar-refractivity contribution is 0.100. The van der Waals surface area contributed by atoms with Crippen molar-refractivity contribution in [1.29, 1.82) is 0 Å². The third-order valence-electron chi connectivity index (χ3n) is 5.66. The lowest BCUT2D eigenvalue weighted by Gasteiger charge is -2.42. The Hall–Kier alpha value is -0.953. The molecule has 0 amide bonds. The minimum absolute atomic E-state index is 0.208. The monoisotopic (exact) mass is 430 g/mol. The van der Waals surface area contributed by atoms with Crippen LogP contribution in [0.3, 0.4) is 0 Å². The second-order valence-electron chi connectivity index (χ2n) is 9.80. The van der Waals surface area contributed by atoms with Crippen molar-refractivity contribution in [3.63, 3.8) is 0 Å². The molecule has 2 atom stereocenters. The fourth-order valence-corrected chi connectivity index (χ4v) is 5.31. The first-order valence-corrected chi connectivity index (χ1v) is 14.8. The van der Waals surface area contributed by atoms with Crippen molar-refractivity contribution < 1.29 is 4.43 Å². The topological polar surface area (TPSA) is 9.23 Å². The summed E-state index contributed by atoms with van der Waals surface area (Å²) in [5, 5.41) is 0.213. The van der Waals surface area contributed by atoms with Gasteiger partial charge >= 0.3 is 0 Å². The summed E-state index contributed by atoms with van der Waals surface area (Å²) < 4.78 is 6.86. The predicted octanol–water partition coefficient (Wildman–Crippen LogP) is 8.54. The highest BCUT2D eigenvalue weighted by atomic mass is 32.2. The molecule has 0 spiro atoms. The third-order valence-corrected chi connectivity index (χ3v) is 11.1. The SMILES string of the molecule is CCCCC#C/C(=C/[C@H](C)[C@H](O[Si](C)(C)C(C)(C)C)C(C)C)Sc1ccccc1. The van der Waals surface area contributed by atoms with Crippen LogP contribution in [0.1, 0.15) is 67.7 Å². The van der Waals surface area contributed by atoms with Crippen molar-refractivity contribution in [1.82, 2.24) is 0 Å². The summed E-state index contributed by atoms with van der Waals surface area (Å²) in [5.41, 5.74) is 0. The van der Waals surface area contributed by atoms with Crippen molar-refractivity contribution in [2.24, 2.45) is 11.8 Å². The Labute approximate surface area is 186 Å². The van der Waals surface area contributed by atoms with Gasteiger partial charge < -0.3 is 4.43 Å². The van der Waals surface area contributed by atoms with Crippen molar-refractivity contribution in [2.75, 3.05) is 0 Å². The quantitative estimate of drug-likeness (QED) is 0.168. The summed E-state index contributed by atoms with van der Waals surface area (Å²) in [5.74, 6) is 7.61. The Bertz CT molecular complexity index is 689. The minimum Gasteiger partial charge on any atom is -0.413 e. The standard InChI is InChI=1S/C26H42OSSi/c1-10-11-12-14-19-24(28-23-17-15-13-16-18-23)20-22(4)25(21(2)3)27-29(8,9)26(5,6)7/h13,15-18,20-22,25H,10-12H2,1-9H3/b24-20-/t22-,25+/m0/s1. The zero-order valence-electron chi connectivity index (χ0n) is 20.1. The molecule has 0 saturated heterocycles. The highest BCUT2D eigenvalue weighted by Gasteiger charge is 2.40. The number of hydrogen-bond acceptors (Lipinski definition) is 2. The maximum absolute atomic E-state index is 6.86. The molecule has 1 nitrogen and oxygen atoms in total. The number of thioether (sulfide) groups is 1. The molecule has 0 fully saturated rings. The maximum Gasteiger partial charge on any atom is 0.192 e. The van der Waals surface area contributed by atoms with E-state index in [9.17, 15) is 0 Å². The summed E-state index contributed by atoms with van der Waals surface area (Å²) >= 11 is 1.77. The van der Waals surface area contributed by atoms with E-state index in [0.29, 0.717) is 11.8 Å². The molecule has 0 bridgehead atoms. The third kappa shape index (κ3) is 9.16. The highest BCUT2D eigenvalue weighted by Crippen LogP contribution is 2.39. The molecule has 29 heavy (non-hydrogen) atoms. The van der Waals surface area contributed by atoms with E-state index in [2.05, 4.69) is 110 Å². The normalized spacial score (nSPS) is 15.0. The Morgan fingerprint density at radius 2 is 1.76 bits per heavy atom. The van der Waals surface area contributed by atoms with E-state index in [0.717, 1.165) is 17.7 Å². The molecular weight excluding hydrogens is 388 g/mol. The number of rotatable bonds is 9. The summed E-state index contributed by atoms with van der Waals surface area (Å²) in [6.45, 7) is 20.7. The molecule has 162 valence electrons. The average Bonchev–Trinajstić information content (AvgIpc) is 2.62. The van der Waals surface area contributed by atoms with Crippen LogP contribution in [0.5, 0.6) is 0 Å². The second-order valence-corrected chi connectivity index (χ2v) is 15.7. The second kappa shape index (κ2) is 12.0. The molecule has 0 aromatic heterocycles. The predicted molar refractivity (Wildman–Crippen MR) is 134 cm³/mol. The number of unbranched alkanes of at least 4 members (excludes halogenated alkanes) is 2. The summed E-state index contributed by atoms with van der Waals surface area (Å²) in [7, 11) is -1.83. The first-order valence-electron chi connectivity index (χ1n) is 11.1. The molecule has 0 unspecified atom stereocenters. The van der Waals surface area contributed by atoms with E-state index in [-0.39, 0.29) is 11.1 Å². The van der Waals surface area contributed by atoms with Gasteiger partial charge in [-0.15, -0.1) is 0 Å². The fraction of sp³-hybridized carbons (Fsp3) is 0.615. The number of allylic oxidation sites excluding steroid dienone is 1. The molecule has 0 heterocycles. The van der Waals surface area contributed by atoms with Gasteiger partial charge in [0.2, 0.25) is 0 Å². The van der Waals surface area contributed by atoms with E-state index in [1.165, 1.54) is 11.3 Å². The van der Waals surface area contributed by atoms with E-state index < -0.39 is 8.32 Å². The van der Waals surface area contributed by atoms with Gasteiger partial charge in [0.05, 0.1) is 11.0 Å². The van der Waals surface area contributed by atoms with Gasteiger partial charge in [0.1, 0.15) is 0 Å². The molecule has 0 N–H and O–H groups in total. The van der Waals surface area contributed by atoms with Gasteiger partial charge in [-0.2, -0.15) is 0 Å². The van der Waals surface area contributed by atoms with Crippen molar-refractivity contribution >= 4 is 20.1 Å². The molecule has 0 aliphatic carbocycles. The van der Waals surface area contributed by atoms with E-state index in [4.69, 9.17) is 4.43 Å². The van der Waals surface area contributed by atoms with Crippen LogP contribution in [0.15, 0.2) is 46.2 Å². The van der Waals surface area contributed by atoms with Gasteiger partial charge in [0.15, 0.2) is 8.32 Å². The smallest absolute Gasteiger partial charge is 0.192 e. The van der Waals surface area contributed by atoms with Crippen molar-refractivity contribution in [3.05, 3.63) is 41.3 Å².